The second-order valence-electron chi connectivity index (χ2n) is 6.08. The van der Waals surface area contributed by atoms with Crippen molar-refractivity contribution >= 4 is 23.0 Å². The van der Waals surface area contributed by atoms with Crippen molar-refractivity contribution in [3.63, 3.8) is 0 Å². The molecular weight excluding hydrogens is 315 g/mol. The van der Waals surface area contributed by atoms with Crippen molar-refractivity contribution in [2.24, 2.45) is 0 Å². The first kappa shape index (κ1) is 15.9. The number of aliphatic carboxylic acids is 1. The summed E-state index contributed by atoms with van der Waals surface area (Å²) >= 11 is 1.44. The van der Waals surface area contributed by atoms with Crippen LogP contribution in [-0.4, -0.2) is 30.2 Å². The topological polar surface area (TPSA) is 53.4 Å². The van der Waals surface area contributed by atoms with Crippen LogP contribution in [0.2, 0.25) is 0 Å². The van der Waals surface area contributed by atoms with E-state index in [9.17, 15) is 9.18 Å². The van der Waals surface area contributed by atoms with Gasteiger partial charge in [0.05, 0.1) is 12.1 Å². The molecule has 1 unspecified atom stereocenters. The van der Waals surface area contributed by atoms with E-state index in [-0.39, 0.29) is 18.2 Å². The van der Waals surface area contributed by atoms with Crippen LogP contribution in [0.5, 0.6) is 0 Å². The van der Waals surface area contributed by atoms with Crippen molar-refractivity contribution in [3.05, 3.63) is 34.6 Å². The van der Waals surface area contributed by atoms with Gasteiger partial charge in [-0.25, -0.2) is 9.37 Å². The molecule has 1 aromatic carbocycles. The fourth-order valence-electron chi connectivity index (χ4n) is 2.98. The van der Waals surface area contributed by atoms with Crippen LogP contribution >= 0.6 is 11.3 Å². The number of thiazole rings is 1. The molecule has 0 saturated heterocycles. The SMILES string of the molecule is CN(C)c1ccc(-c2nc3c(s2)C(CC(=O)O)CCC3)c(F)c1. The minimum absolute atomic E-state index is 0.00612. The Balaban J connectivity index is 1.96. The Bertz CT molecular complexity index is 742. The monoisotopic (exact) mass is 334 g/mol. The van der Waals surface area contributed by atoms with Gasteiger partial charge in [-0.15, -0.1) is 11.3 Å². The number of hydrogen-bond acceptors (Lipinski definition) is 4. The fourth-order valence-corrected chi connectivity index (χ4v) is 4.26. The summed E-state index contributed by atoms with van der Waals surface area (Å²) in [4.78, 5) is 18.5. The van der Waals surface area contributed by atoms with Gasteiger partial charge in [0.2, 0.25) is 0 Å². The number of nitrogens with zero attached hydrogens (tertiary/aromatic N) is 2. The van der Waals surface area contributed by atoms with E-state index in [0.717, 1.165) is 35.5 Å². The normalized spacial score (nSPS) is 16.9. The number of rotatable bonds is 4. The molecule has 0 fully saturated rings. The molecule has 1 N–H and O–H groups in total. The lowest BCUT2D eigenvalue weighted by Gasteiger charge is -2.19. The predicted molar refractivity (Wildman–Crippen MR) is 89.8 cm³/mol. The Morgan fingerprint density at radius 2 is 2.26 bits per heavy atom. The highest BCUT2D eigenvalue weighted by atomic mass is 32.1. The van der Waals surface area contributed by atoms with E-state index < -0.39 is 5.97 Å². The summed E-state index contributed by atoms with van der Waals surface area (Å²) in [5, 5.41) is 9.71. The molecule has 4 nitrogen and oxygen atoms in total. The number of carboxylic acid groups (broad SMARTS) is 1. The zero-order valence-corrected chi connectivity index (χ0v) is 14.0. The van der Waals surface area contributed by atoms with Crippen LogP contribution in [0.25, 0.3) is 10.6 Å². The minimum Gasteiger partial charge on any atom is -0.481 e. The van der Waals surface area contributed by atoms with Crippen molar-refractivity contribution < 1.29 is 14.3 Å². The van der Waals surface area contributed by atoms with Gasteiger partial charge in [-0.2, -0.15) is 0 Å². The number of aromatic nitrogens is 1. The first-order valence-corrected chi connectivity index (χ1v) is 8.46. The number of benzene rings is 1. The summed E-state index contributed by atoms with van der Waals surface area (Å²) in [6.45, 7) is 0. The largest absolute Gasteiger partial charge is 0.481 e. The van der Waals surface area contributed by atoms with E-state index >= 15 is 0 Å². The van der Waals surface area contributed by atoms with Crippen molar-refractivity contribution in [2.75, 3.05) is 19.0 Å². The van der Waals surface area contributed by atoms with Gasteiger partial charge in [-0.1, -0.05) is 0 Å². The van der Waals surface area contributed by atoms with E-state index in [2.05, 4.69) is 4.98 Å². The van der Waals surface area contributed by atoms with Gasteiger partial charge in [-0.05, 0) is 37.5 Å². The quantitative estimate of drug-likeness (QED) is 0.921. The molecule has 0 radical (unpaired) electrons. The molecule has 0 bridgehead atoms. The van der Waals surface area contributed by atoms with Gasteiger partial charge in [0.1, 0.15) is 10.8 Å². The van der Waals surface area contributed by atoms with Crippen molar-refractivity contribution in [1.29, 1.82) is 0 Å². The molecule has 6 heteroatoms. The Labute approximate surface area is 138 Å². The summed E-state index contributed by atoms with van der Waals surface area (Å²) in [6, 6.07) is 5.12. The molecule has 23 heavy (non-hydrogen) atoms. The summed E-state index contributed by atoms with van der Waals surface area (Å²) in [5.74, 6) is -1.08. The molecule has 0 saturated carbocycles. The molecule has 1 heterocycles. The number of anilines is 1. The Morgan fingerprint density at radius 3 is 2.91 bits per heavy atom. The molecule has 1 aromatic heterocycles. The van der Waals surface area contributed by atoms with Gasteiger partial charge in [0.15, 0.2) is 0 Å². The van der Waals surface area contributed by atoms with E-state index in [4.69, 9.17) is 5.11 Å². The summed E-state index contributed by atoms with van der Waals surface area (Å²) < 4.78 is 14.4. The van der Waals surface area contributed by atoms with Gasteiger partial charge in [0, 0.05) is 36.1 Å². The lowest BCUT2D eigenvalue weighted by molar-refractivity contribution is -0.137. The Kier molecular flexibility index (Phi) is 4.35. The van der Waals surface area contributed by atoms with Gasteiger partial charge in [-0.3, -0.25) is 4.79 Å². The first-order valence-electron chi connectivity index (χ1n) is 7.64. The Hall–Kier alpha value is -1.95. The second-order valence-corrected chi connectivity index (χ2v) is 7.11. The smallest absolute Gasteiger partial charge is 0.303 e. The summed E-state index contributed by atoms with van der Waals surface area (Å²) in [5.41, 5.74) is 2.24. The van der Waals surface area contributed by atoms with Crippen LogP contribution in [0, 0.1) is 5.82 Å². The first-order chi connectivity index (χ1) is 11.0. The van der Waals surface area contributed by atoms with Crippen LogP contribution in [-0.2, 0) is 11.2 Å². The van der Waals surface area contributed by atoms with Crippen LogP contribution in [0.3, 0.4) is 0 Å². The molecule has 3 rings (SSSR count). The van der Waals surface area contributed by atoms with Crippen LogP contribution in [0.4, 0.5) is 10.1 Å². The minimum atomic E-state index is -0.792. The molecule has 0 aliphatic heterocycles. The third-order valence-corrected chi connectivity index (χ3v) is 5.48. The standard InChI is InChI=1S/C17H19FN2O2S/c1-20(2)11-6-7-12(13(18)9-11)17-19-14-5-3-4-10(8-15(21)22)16(14)23-17/h6-7,9-10H,3-5,8H2,1-2H3,(H,21,22). The lowest BCUT2D eigenvalue weighted by atomic mass is 9.89. The lowest BCUT2D eigenvalue weighted by Crippen LogP contribution is -2.11. The number of fused-ring (bicyclic) bond motifs is 1. The van der Waals surface area contributed by atoms with E-state index in [1.807, 2.05) is 25.1 Å². The van der Waals surface area contributed by atoms with Crippen LogP contribution in [0.1, 0.15) is 35.8 Å². The molecule has 122 valence electrons. The van der Waals surface area contributed by atoms with Gasteiger partial charge < -0.3 is 10.0 Å². The highest BCUT2D eigenvalue weighted by Gasteiger charge is 2.27. The maximum atomic E-state index is 14.4. The molecule has 0 amide bonds. The molecule has 1 aliphatic rings. The third-order valence-electron chi connectivity index (χ3n) is 4.19. The molecule has 1 atom stereocenters. The van der Waals surface area contributed by atoms with Crippen LogP contribution in [0.15, 0.2) is 18.2 Å². The average molecular weight is 334 g/mol. The average Bonchev–Trinajstić information content (AvgIpc) is 2.91. The van der Waals surface area contributed by atoms with E-state index in [0.29, 0.717) is 10.6 Å². The molecule has 1 aliphatic carbocycles. The highest BCUT2D eigenvalue weighted by Crippen LogP contribution is 2.41. The van der Waals surface area contributed by atoms with Crippen LogP contribution < -0.4 is 4.90 Å². The van der Waals surface area contributed by atoms with Gasteiger partial charge >= 0.3 is 5.97 Å². The molecular formula is C17H19FN2O2S. The van der Waals surface area contributed by atoms with E-state index in [1.165, 1.54) is 17.4 Å². The van der Waals surface area contributed by atoms with Crippen molar-refractivity contribution in [2.45, 2.75) is 31.6 Å². The van der Waals surface area contributed by atoms with Gasteiger partial charge in [0.25, 0.3) is 0 Å². The molecule has 0 spiro atoms. The van der Waals surface area contributed by atoms with Crippen molar-refractivity contribution in [1.82, 2.24) is 4.98 Å². The molecule has 2 aromatic rings. The number of aryl methyl sites for hydroxylation is 1. The summed E-state index contributed by atoms with van der Waals surface area (Å²) in [7, 11) is 3.74. The fraction of sp³-hybridized carbons (Fsp3) is 0.412. The maximum absolute atomic E-state index is 14.4. The highest BCUT2D eigenvalue weighted by molar-refractivity contribution is 7.15. The van der Waals surface area contributed by atoms with E-state index in [1.54, 1.807) is 6.07 Å². The Morgan fingerprint density at radius 1 is 1.48 bits per heavy atom. The zero-order valence-electron chi connectivity index (χ0n) is 13.2. The number of carboxylic acids is 1. The van der Waals surface area contributed by atoms with Crippen molar-refractivity contribution in [3.8, 4) is 10.6 Å². The second kappa shape index (κ2) is 6.28. The summed E-state index contributed by atoms with van der Waals surface area (Å²) in [6.07, 6.45) is 2.77. The number of carbonyl (C=O) groups is 1. The zero-order chi connectivity index (χ0) is 16.6. The predicted octanol–water partition coefficient (Wildman–Crippen LogP) is 3.91. The number of hydrogen-bond donors (Lipinski definition) is 1. The maximum Gasteiger partial charge on any atom is 0.303 e. The third kappa shape index (κ3) is 3.22. The number of halogens is 1.